The van der Waals surface area contributed by atoms with Crippen molar-refractivity contribution in [1.29, 1.82) is 0 Å². The summed E-state index contributed by atoms with van der Waals surface area (Å²) < 4.78 is 79.9. The summed E-state index contributed by atoms with van der Waals surface area (Å²) in [5, 5.41) is 0.331. The Morgan fingerprint density at radius 3 is 1.94 bits per heavy atom. The molecular formula is C24H16ClF6NO. The number of carbonyl (C=O) groups excluding carboxylic acids is 1. The van der Waals surface area contributed by atoms with Gasteiger partial charge in [-0.3, -0.25) is 4.79 Å². The second kappa shape index (κ2) is 8.41. The van der Waals surface area contributed by atoms with Crippen molar-refractivity contribution in [2.45, 2.75) is 24.8 Å². The van der Waals surface area contributed by atoms with E-state index in [0.717, 1.165) is 5.56 Å². The van der Waals surface area contributed by atoms with E-state index < -0.39 is 41.0 Å². The third-order valence-corrected chi connectivity index (χ3v) is 5.92. The van der Waals surface area contributed by atoms with Crippen molar-refractivity contribution in [2.24, 2.45) is 0 Å². The molecule has 172 valence electrons. The Labute approximate surface area is 190 Å². The van der Waals surface area contributed by atoms with Crippen LogP contribution in [-0.4, -0.2) is 17.4 Å². The van der Waals surface area contributed by atoms with Crippen LogP contribution in [0.5, 0.6) is 0 Å². The van der Waals surface area contributed by atoms with Gasteiger partial charge >= 0.3 is 12.4 Å². The van der Waals surface area contributed by atoms with Crippen molar-refractivity contribution in [3.05, 3.63) is 105 Å². The van der Waals surface area contributed by atoms with Gasteiger partial charge in [0, 0.05) is 17.1 Å². The molecule has 1 heterocycles. The number of rotatable bonds is 2. The molecule has 0 fully saturated rings. The van der Waals surface area contributed by atoms with Crippen LogP contribution in [0.15, 0.2) is 66.7 Å². The van der Waals surface area contributed by atoms with Crippen molar-refractivity contribution in [1.82, 2.24) is 4.90 Å². The van der Waals surface area contributed by atoms with Gasteiger partial charge in [0.25, 0.3) is 5.91 Å². The van der Waals surface area contributed by atoms with Crippen molar-refractivity contribution < 1.29 is 31.1 Å². The lowest BCUT2D eigenvalue weighted by molar-refractivity contribution is -0.143. The first kappa shape index (κ1) is 23.2. The van der Waals surface area contributed by atoms with Gasteiger partial charge in [0.2, 0.25) is 0 Å². The first-order valence-corrected chi connectivity index (χ1v) is 10.3. The van der Waals surface area contributed by atoms with Gasteiger partial charge in [-0.2, -0.15) is 26.3 Å². The van der Waals surface area contributed by atoms with Gasteiger partial charge in [-0.15, -0.1) is 0 Å². The topological polar surface area (TPSA) is 20.3 Å². The summed E-state index contributed by atoms with van der Waals surface area (Å²) in [5.41, 5.74) is -1.59. The van der Waals surface area contributed by atoms with Crippen LogP contribution in [0.2, 0.25) is 5.02 Å². The molecule has 33 heavy (non-hydrogen) atoms. The fraction of sp³-hybridized carbons (Fsp3) is 0.208. The minimum absolute atomic E-state index is 0.00777. The molecule has 0 aliphatic carbocycles. The number of carbonyl (C=O) groups is 1. The molecule has 1 amide bonds. The maximum Gasteiger partial charge on any atom is 0.416 e. The second-order valence-electron chi connectivity index (χ2n) is 7.67. The average molecular weight is 484 g/mol. The van der Waals surface area contributed by atoms with Gasteiger partial charge in [0.15, 0.2) is 0 Å². The van der Waals surface area contributed by atoms with Crippen molar-refractivity contribution >= 4 is 17.5 Å². The fourth-order valence-corrected chi connectivity index (χ4v) is 4.30. The van der Waals surface area contributed by atoms with Crippen molar-refractivity contribution in [3.8, 4) is 0 Å². The SMILES string of the molecule is O=C(c1cc(C(F)(F)F)cc(C(F)(F)F)c1)N1CCc2ccccc2[C@@H]1c1ccccc1Cl. The quantitative estimate of drug-likeness (QED) is 0.354. The molecule has 1 aliphatic rings. The third-order valence-electron chi connectivity index (χ3n) is 5.58. The van der Waals surface area contributed by atoms with Gasteiger partial charge in [0.1, 0.15) is 0 Å². The van der Waals surface area contributed by atoms with E-state index in [-0.39, 0.29) is 12.6 Å². The first-order valence-electron chi connectivity index (χ1n) is 9.89. The minimum atomic E-state index is -5.05. The standard InChI is InChI=1S/C24H16ClF6NO/c25-20-8-4-3-7-19(20)21-18-6-2-1-5-14(18)9-10-32(21)22(33)15-11-16(23(26,27)28)13-17(12-15)24(29,30)31/h1-8,11-13,21H,9-10H2/t21-/m1/s1. The van der Waals surface area contributed by atoms with E-state index in [1.165, 1.54) is 4.90 Å². The predicted octanol–water partition coefficient (Wildman–Crippen LogP) is 7.17. The number of fused-ring (bicyclic) bond motifs is 1. The molecule has 0 saturated heterocycles. The summed E-state index contributed by atoms with van der Waals surface area (Å²) in [7, 11) is 0. The highest BCUT2D eigenvalue weighted by atomic mass is 35.5. The molecule has 2 nitrogen and oxygen atoms in total. The Morgan fingerprint density at radius 2 is 1.36 bits per heavy atom. The number of hydrogen-bond acceptors (Lipinski definition) is 1. The summed E-state index contributed by atoms with van der Waals surface area (Å²) in [4.78, 5) is 14.7. The first-order chi connectivity index (χ1) is 15.5. The molecule has 1 aliphatic heterocycles. The summed E-state index contributed by atoms with van der Waals surface area (Å²) in [5.74, 6) is -0.939. The van der Waals surface area contributed by atoms with E-state index in [4.69, 9.17) is 11.6 Å². The zero-order valence-electron chi connectivity index (χ0n) is 16.8. The Morgan fingerprint density at radius 1 is 0.818 bits per heavy atom. The molecule has 0 N–H and O–H groups in total. The van der Waals surface area contributed by atoms with Crippen LogP contribution < -0.4 is 0 Å². The number of benzene rings is 3. The monoisotopic (exact) mass is 483 g/mol. The molecule has 0 aromatic heterocycles. The van der Waals surface area contributed by atoms with E-state index in [0.29, 0.717) is 34.7 Å². The lowest BCUT2D eigenvalue weighted by Crippen LogP contribution is -2.41. The largest absolute Gasteiger partial charge is 0.416 e. The summed E-state index contributed by atoms with van der Waals surface area (Å²) >= 11 is 6.37. The molecule has 0 saturated carbocycles. The molecule has 4 rings (SSSR count). The molecule has 0 unspecified atom stereocenters. The van der Waals surface area contributed by atoms with Crippen LogP contribution in [0.25, 0.3) is 0 Å². The smallest absolute Gasteiger partial charge is 0.327 e. The molecule has 3 aromatic rings. The molecule has 3 aromatic carbocycles. The Hall–Kier alpha value is -3.00. The highest BCUT2D eigenvalue weighted by molar-refractivity contribution is 6.31. The second-order valence-corrected chi connectivity index (χ2v) is 8.07. The van der Waals surface area contributed by atoms with E-state index in [9.17, 15) is 31.1 Å². The average Bonchev–Trinajstić information content (AvgIpc) is 2.77. The number of nitrogens with zero attached hydrogens (tertiary/aromatic N) is 1. The lowest BCUT2D eigenvalue weighted by atomic mass is 9.87. The van der Waals surface area contributed by atoms with Crippen LogP contribution >= 0.6 is 11.6 Å². The molecule has 0 bridgehead atoms. The number of hydrogen-bond donors (Lipinski definition) is 0. The zero-order valence-corrected chi connectivity index (χ0v) is 17.6. The molecule has 0 spiro atoms. The van der Waals surface area contributed by atoms with Crippen LogP contribution in [0, 0.1) is 0 Å². The normalized spacial score (nSPS) is 16.5. The van der Waals surface area contributed by atoms with Crippen LogP contribution in [0.1, 0.15) is 44.2 Å². The van der Waals surface area contributed by atoms with Crippen molar-refractivity contribution in [3.63, 3.8) is 0 Å². The fourth-order valence-electron chi connectivity index (χ4n) is 4.06. The van der Waals surface area contributed by atoms with E-state index in [1.807, 2.05) is 12.1 Å². The third kappa shape index (κ3) is 4.57. The predicted molar refractivity (Wildman–Crippen MR) is 111 cm³/mol. The number of amides is 1. The highest BCUT2D eigenvalue weighted by Crippen LogP contribution is 2.41. The number of halogens is 7. The Bertz CT molecular complexity index is 1170. The van der Waals surface area contributed by atoms with Crippen LogP contribution in [0.4, 0.5) is 26.3 Å². The summed E-state index contributed by atoms with van der Waals surface area (Å²) in [6, 6.07) is 14.1. The number of alkyl halides is 6. The zero-order chi connectivity index (χ0) is 24.0. The summed E-state index contributed by atoms with van der Waals surface area (Å²) in [6.07, 6.45) is -9.70. The van der Waals surface area contributed by atoms with Gasteiger partial charge in [-0.25, -0.2) is 0 Å². The van der Waals surface area contributed by atoms with Crippen molar-refractivity contribution in [2.75, 3.05) is 6.54 Å². The minimum Gasteiger partial charge on any atom is -0.327 e. The van der Waals surface area contributed by atoms with E-state index in [2.05, 4.69) is 0 Å². The molecular weight excluding hydrogens is 468 g/mol. The van der Waals surface area contributed by atoms with Crippen LogP contribution in [-0.2, 0) is 18.8 Å². The Kier molecular flexibility index (Phi) is 5.90. The molecule has 9 heteroatoms. The maximum atomic E-state index is 13.4. The van der Waals surface area contributed by atoms with Gasteiger partial charge in [-0.05, 0) is 47.4 Å². The summed E-state index contributed by atoms with van der Waals surface area (Å²) in [6.45, 7) is 0.101. The lowest BCUT2D eigenvalue weighted by Gasteiger charge is -2.38. The molecule has 1 atom stereocenters. The van der Waals surface area contributed by atoms with E-state index >= 15 is 0 Å². The van der Waals surface area contributed by atoms with Gasteiger partial charge in [0.05, 0.1) is 17.2 Å². The van der Waals surface area contributed by atoms with Gasteiger partial charge in [-0.1, -0.05) is 54.1 Å². The Balaban J connectivity index is 1.86. The maximum absolute atomic E-state index is 13.4. The highest BCUT2D eigenvalue weighted by Gasteiger charge is 2.39. The van der Waals surface area contributed by atoms with E-state index in [1.54, 1.807) is 36.4 Å². The molecule has 0 radical (unpaired) electrons. The van der Waals surface area contributed by atoms with Crippen LogP contribution in [0.3, 0.4) is 0 Å². The van der Waals surface area contributed by atoms with Gasteiger partial charge < -0.3 is 4.90 Å².